The van der Waals surface area contributed by atoms with Crippen LogP contribution in [-0.2, 0) is 10.0 Å². The van der Waals surface area contributed by atoms with Crippen LogP contribution in [0.25, 0.3) is 38.3 Å². The molecule has 0 aliphatic carbocycles. The van der Waals surface area contributed by atoms with Crippen LogP contribution in [0.3, 0.4) is 0 Å². The number of fused-ring (bicyclic) bond motifs is 1. The first-order valence-electron chi connectivity index (χ1n) is 10.7. The Morgan fingerprint density at radius 3 is 2.39 bits per heavy atom. The Labute approximate surface area is 214 Å². The second kappa shape index (κ2) is 9.30. The van der Waals surface area contributed by atoms with Crippen LogP contribution in [-0.4, -0.2) is 17.4 Å². The minimum Gasteiger partial charge on any atom is -0.254 e. The normalized spacial score (nSPS) is 11.6. The van der Waals surface area contributed by atoms with Gasteiger partial charge in [0.1, 0.15) is 0 Å². The summed E-state index contributed by atoms with van der Waals surface area (Å²) in [5, 5.41) is 0. The number of halogens is 3. The number of nitrogens with zero attached hydrogens (tertiary/aromatic N) is 3. The van der Waals surface area contributed by atoms with Gasteiger partial charge in [-0.3, -0.25) is 4.98 Å². The first kappa shape index (κ1) is 23.9. The van der Waals surface area contributed by atoms with Crippen molar-refractivity contribution in [2.45, 2.75) is 11.3 Å². The molecule has 5 aromatic rings. The molecule has 0 aliphatic rings. The summed E-state index contributed by atoms with van der Waals surface area (Å²) < 4.78 is 56.3. The van der Waals surface area contributed by atoms with Crippen LogP contribution in [0.5, 0.6) is 0 Å². The second-order valence-corrected chi connectivity index (χ2v) is 10.6. The molecule has 0 atom stereocenters. The van der Waals surface area contributed by atoms with E-state index in [1.807, 2.05) is 6.07 Å². The van der Waals surface area contributed by atoms with Gasteiger partial charge in [-0.1, -0.05) is 64.5 Å². The van der Waals surface area contributed by atoms with E-state index < -0.39 is 16.4 Å². The lowest BCUT2D eigenvalue weighted by atomic mass is 9.99. The van der Waals surface area contributed by atoms with Gasteiger partial charge >= 0.3 is 0 Å². The summed E-state index contributed by atoms with van der Waals surface area (Å²) in [6.45, 7) is 7.68. The molecule has 0 fully saturated rings. The maximum absolute atomic E-state index is 14.1. The Kier molecular flexibility index (Phi) is 6.16. The lowest BCUT2D eigenvalue weighted by Crippen LogP contribution is -2.14. The number of aromatic nitrogens is 2. The molecule has 2 aromatic heterocycles. The van der Waals surface area contributed by atoms with Crippen LogP contribution in [0, 0.1) is 6.57 Å². The van der Waals surface area contributed by atoms with E-state index in [9.17, 15) is 17.2 Å². The van der Waals surface area contributed by atoms with Crippen LogP contribution < -0.4 is 0 Å². The Hall–Kier alpha value is -3.87. The highest BCUT2D eigenvalue weighted by atomic mass is 79.9. The molecule has 2 heterocycles. The Bertz CT molecular complexity index is 1760. The van der Waals surface area contributed by atoms with Crippen molar-refractivity contribution in [2.75, 3.05) is 0 Å². The molecule has 0 amide bonds. The highest BCUT2D eigenvalue weighted by Crippen LogP contribution is 2.45. The van der Waals surface area contributed by atoms with E-state index in [1.165, 1.54) is 16.1 Å². The molecule has 5 rings (SSSR count). The standard InChI is InChI=1S/C27H16BrF2N3O2S/c1-31-22-9-3-2-8-21(22)24-25-23(10-5-15-32-25)33(26(24)18-6-4-7-19(28)16-18)36(34,35)20-13-11-17(12-14-20)27(29)30/h2-16,27H. The monoisotopic (exact) mass is 563 g/mol. The molecule has 36 heavy (non-hydrogen) atoms. The summed E-state index contributed by atoms with van der Waals surface area (Å²) in [6, 6.07) is 21.9. The Morgan fingerprint density at radius 2 is 1.69 bits per heavy atom. The fourth-order valence-electron chi connectivity index (χ4n) is 4.16. The number of hydrogen-bond acceptors (Lipinski definition) is 3. The third-order valence-corrected chi connectivity index (χ3v) is 7.97. The Balaban J connectivity index is 1.93. The molecule has 0 spiro atoms. The summed E-state index contributed by atoms with van der Waals surface area (Å²) in [5.41, 5.74) is 2.70. The minimum absolute atomic E-state index is 0.145. The summed E-state index contributed by atoms with van der Waals surface area (Å²) in [5.74, 6) is 0. The molecule has 0 saturated heterocycles. The largest absolute Gasteiger partial charge is 0.268 e. The first-order valence-corrected chi connectivity index (χ1v) is 12.9. The van der Waals surface area contributed by atoms with Crippen molar-refractivity contribution in [1.29, 1.82) is 0 Å². The second-order valence-electron chi connectivity index (χ2n) is 7.87. The zero-order chi connectivity index (χ0) is 25.4. The molecule has 178 valence electrons. The number of alkyl halides is 2. The molecule has 5 nitrogen and oxygen atoms in total. The van der Waals surface area contributed by atoms with Gasteiger partial charge in [0.15, 0.2) is 5.69 Å². The molecule has 0 unspecified atom stereocenters. The van der Waals surface area contributed by atoms with E-state index >= 15 is 0 Å². The van der Waals surface area contributed by atoms with Crippen LogP contribution in [0.1, 0.15) is 12.0 Å². The Morgan fingerprint density at radius 1 is 0.944 bits per heavy atom. The van der Waals surface area contributed by atoms with Crippen molar-refractivity contribution in [2.24, 2.45) is 0 Å². The van der Waals surface area contributed by atoms with E-state index in [0.717, 1.165) is 16.6 Å². The minimum atomic E-state index is -4.27. The molecule has 0 N–H and O–H groups in total. The van der Waals surface area contributed by atoms with E-state index in [2.05, 4.69) is 25.8 Å². The lowest BCUT2D eigenvalue weighted by molar-refractivity contribution is 0.151. The predicted molar refractivity (Wildman–Crippen MR) is 139 cm³/mol. The van der Waals surface area contributed by atoms with Crippen LogP contribution in [0.15, 0.2) is 100 Å². The highest BCUT2D eigenvalue weighted by molar-refractivity contribution is 9.10. The van der Waals surface area contributed by atoms with Gasteiger partial charge in [-0.15, -0.1) is 0 Å². The molecule has 0 radical (unpaired) electrons. The molecule has 9 heteroatoms. The van der Waals surface area contributed by atoms with Crippen LogP contribution in [0.4, 0.5) is 14.5 Å². The van der Waals surface area contributed by atoms with Crippen molar-refractivity contribution in [3.63, 3.8) is 0 Å². The van der Waals surface area contributed by atoms with Gasteiger partial charge < -0.3 is 0 Å². The molecular weight excluding hydrogens is 548 g/mol. The van der Waals surface area contributed by atoms with Crippen molar-refractivity contribution >= 4 is 42.7 Å². The van der Waals surface area contributed by atoms with E-state index in [1.54, 1.807) is 60.8 Å². The summed E-state index contributed by atoms with van der Waals surface area (Å²) in [4.78, 5) is 8.01. The van der Waals surface area contributed by atoms with Gasteiger partial charge in [0.05, 0.1) is 28.2 Å². The van der Waals surface area contributed by atoms with Gasteiger partial charge in [-0.2, -0.15) is 0 Å². The zero-order valence-corrected chi connectivity index (χ0v) is 20.8. The van der Waals surface area contributed by atoms with Crippen molar-refractivity contribution in [1.82, 2.24) is 8.96 Å². The number of rotatable bonds is 5. The third kappa shape index (κ3) is 3.98. The SMILES string of the molecule is [C-]#[N+]c1ccccc1-c1c(-c2cccc(Br)c2)n(S(=O)(=O)c2ccc(C(F)F)cc2)c2cccnc12. The van der Waals surface area contributed by atoms with Crippen molar-refractivity contribution in [3.8, 4) is 22.4 Å². The number of para-hydroxylation sites is 1. The summed E-state index contributed by atoms with van der Waals surface area (Å²) in [7, 11) is -4.27. The maximum Gasteiger partial charge on any atom is 0.268 e. The van der Waals surface area contributed by atoms with Gasteiger partial charge in [0.25, 0.3) is 16.4 Å². The number of hydrogen-bond donors (Lipinski definition) is 0. The van der Waals surface area contributed by atoms with Gasteiger partial charge in [0, 0.05) is 27.4 Å². The van der Waals surface area contributed by atoms with Crippen LogP contribution in [0.2, 0.25) is 0 Å². The van der Waals surface area contributed by atoms with E-state index in [-0.39, 0.29) is 10.5 Å². The predicted octanol–water partition coefficient (Wildman–Crippen LogP) is 7.86. The highest BCUT2D eigenvalue weighted by Gasteiger charge is 2.30. The van der Waals surface area contributed by atoms with Gasteiger partial charge in [0.2, 0.25) is 0 Å². The molecule has 0 aliphatic heterocycles. The summed E-state index contributed by atoms with van der Waals surface area (Å²) >= 11 is 3.46. The van der Waals surface area contributed by atoms with Gasteiger partial charge in [-0.25, -0.2) is 26.0 Å². The van der Waals surface area contributed by atoms with Crippen molar-refractivity contribution in [3.05, 3.63) is 113 Å². The first-order chi connectivity index (χ1) is 17.3. The number of benzene rings is 3. The molecule has 0 saturated carbocycles. The zero-order valence-electron chi connectivity index (χ0n) is 18.4. The summed E-state index contributed by atoms with van der Waals surface area (Å²) in [6.07, 6.45) is -1.15. The van der Waals surface area contributed by atoms with Gasteiger partial charge in [-0.05, 0) is 42.0 Å². The molecule has 0 bridgehead atoms. The van der Waals surface area contributed by atoms with Crippen LogP contribution >= 0.6 is 15.9 Å². The third-order valence-electron chi connectivity index (χ3n) is 5.74. The average Bonchev–Trinajstić information content (AvgIpc) is 3.24. The lowest BCUT2D eigenvalue weighted by Gasteiger charge is -2.15. The average molecular weight is 564 g/mol. The molecule has 3 aromatic carbocycles. The van der Waals surface area contributed by atoms with E-state index in [4.69, 9.17) is 6.57 Å². The van der Waals surface area contributed by atoms with E-state index in [0.29, 0.717) is 39.1 Å². The fourth-order valence-corrected chi connectivity index (χ4v) is 6.10. The maximum atomic E-state index is 14.1. The number of pyridine rings is 1. The fraction of sp³-hybridized carbons (Fsp3) is 0.0370. The quantitative estimate of drug-likeness (QED) is 0.204. The van der Waals surface area contributed by atoms with Crippen molar-refractivity contribution < 1.29 is 17.2 Å². The smallest absolute Gasteiger partial charge is 0.254 e. The topological polar surface area (TPSA) is 56.3 Å². The molecular formula is C27H16BrF2N3O2S.